The average molecular weight is 340 g/mol. The molecule has 0 N–H and O–H groups in total. The SMILES string of the molecule is CCOC(=O)/C=C/c1cc(Br)ccc1N1CCOCC1. The third kappa shape index (κ3) is 4.08. The number of esters is 1. The Bertz CT molecular complexity index is 496. The molecule has 0 atom stereocenters. The van der Waals surface area contributed by atoms with Crippen molar-refractivity contribution in [2.45, 2.75) is 6.92 Å². The van der Waals surface area contributed by atoms with Gasteiger partial charge in [0.1, 0.15) is 0 Å². The van der Waals surface area contributed by atoms with Crippen LogP contribution >= 0.6 is 15.9 Å². The Kier molecular flexibility index (Phi) is 5.61. The molecule has 0 bridgehead atoms. The fraction of sp³-hybridized carbons (Fsp3) is 0.400. The number of halogens is 1. The zero-order valence-electron chi connectivity index (χ0n) is 11.5. The van der Waals surface area contributed by atoms with E-state index in [2.05, 4.69) is 26.9 Å². The number of anilines is 1. The number of carbonyl (C=O) groups excluding carboxylic acids is 1. The minimum Gasteiger partial charge on any atom is -0.463 e. The van der Waals surface area contributed by atoms with Gasteiger partial charge in [-0.25, -0.2) is 4.79 Å². The molecule has 1 heterocycles. The molecule has 1 fully saturated rings. The summed E-state index contributed by atoms with van der Waals surface area (Å²) in [5.41, 5.74) is 2.10. The number of ether oxygens (including phenoxy) is 2. The van der Waals surface area contributed by atoms with Gasteiger partial charge in [0.2, 0.25) is 0 Å². The van der Waals surface area contributed by atoms with Crippen LogP contribution in [0.15, 0.2) is 28.7 Å². The van der Waals surface area contributed by atoms with Crippen molar-refractivity contribution in [2.75, 3.05) is 37.8 Å². The van der Waals surface area contributed by atoms with E-state index in [0.717, 1.165) is 42.0 Å². The number of hydrogen-bond acceptors (Lipinski definition) is 4. The van der Waals surface area contributed by atoms with E-state index in [1.54, 1.807) is 13.0 Å². The number of carbonyl (C=O) groups is 1. The highest BCUT2D eigenvalue weighted by Crippen LogP contribution is 2.26. The van der Waals surface area contributed by atoms with Gasteiger partial charge in [0.05, 0.1) is 19.8 Å². The van der Waals surface area contributed by atoms with Crippen molar-refractivity contribution in [3.63, 3.8) is 0 Å². The van der Waals surface area contributed by atoms with Crippen LogP contribution < -0.4 is 4.90 Å². The van der Waals surface area contributed by atoms with E-state index < -0.39 is 0 Å². The molecule has 1 aromatic carbocycles. The molecule has 0 spiro atoms. The molecule has 0 aromatic heterocycles. The Hall–Kier alpha value is -1.33. The molecule has 2 rings (SSSR count). The van der Waals surface area contributed by atoms with Crippen LogP contribution in [0, 0.1) is 0 Å². The lowest BCUT2D eigenvalue weighted by Crippen LogP contribution is -2.36. The molecule has 0 amide bonds. The van der Waals surface area contributed by atoms with Crippen molar-refractivity contribution in [3.05, 3.63) is 34.3 Å². The molecule has 108 valence electrons. The van der Waals surface area contributed by atoms with Gasteiger partial charge in [-0.1, -0.05) is 15.9 Å². The molecule has 1 aromatic rings. The molecular formula is C15H18BrNO3. The lowest BCUT2D eigenvalue weighted by molar-refractivity contribution is -0.137. The minimum atomic E-state index is -0.319. The Morgan fingerprint density at radius 2 is 2.20 bits per heavy atom. The van der Waals surface area contributed by atoms with E-state index in [4.69, 9.17) is 9.47 Å². The van der Waals surface area contributed by atoms with Gasteiger partial charge in [0.25, 0.3) is 0 Å². The summed E-state index contributed by atoms with van der Waals surface area (Å²) in [6.07, 6.45) is 3.27. The van der Waals surface area contributed by atoms with E-state index in [1.165, 1.54) is 6.08 Å². The third-order valence-corrected chi connectivity index (χ3v) is 3.52. The molecular weight excluding hydrogens is 322 g/mol. The fourth-order valence-corrected chi connectivity index (χ4v) is 2.48. The zero-order chi connectivity index (χ0) is 14.4. The van der Waals surface area contributed by atoms with E-state index in [-0.39, 0.29) is 5.97 Å². The van der Waals surface area contributed by atoms with Gasteiger partial charge >= 0.3 is 5.97 Å². The van der Waals surface area contributed by atoms with E-state index >= 15 is 0 Å². The highest BCUT2D eigenvalue weighted by molar-refractivity contribution is 9.10. The Labute approximate surface area is 127 Å². The van der Waals surface area contributed by atoms with Crippen LogP contribution in [0.5, 0.6) is 0 Å². The van der Waals surface area contributed by atoms with Gasteiger partial charge in [0, 0.05) is 29.3 Å². The van der Waals surface area contributed by atoms with Gasteiger partial charge in [-0.05, 0) is 36.8 Å². The Morgan fingerprint density at radius 1 is 1.45 bits per heavy atom. The van der Waals surface area contributed by atoms with E-state index in [0.29, 0.717) is 6.61 Å². The second-order valence-corrected chi connectivity index (χ2v) is 5.30. The van der Waals surface area contributed by atoms with Crippen molar-refractivity contribution in [2.24, 2.45) is 0 Å². The van der Waals surface area contributed by atoms with Gasteiger partial charge in [-0.2, -0.15) is 0 Å². The summed E-state index contributed by atoms with van der Waals surface area (Å²) in [7, 11) is 0. The molecule has 1 aliphatic heterocycles. The smallest absolute Gasteiger partial charge is 0.330 e. The zero-order valence-corrected chi connectivity index (χ0v) is 13.1. The van der Waals surface area contributed by atoms with Crippen molar-refractivity contribution in [1.82, 2.24) is 0 Å². The van der Waals surface area contributed by atoms with E-state index in [9.17, 15) is 4.79 Å². The number of hydrogen-bond donors (Lipinski definition) is 0. The maximum Gasteiger partial charge on any atom is 0.330 e. The number of benzene rings is 1. The van der Waals surface area contributed by atoms with Crippen molar-refractivity contribution in [1.29, 1.82) is 0 Å². The first kappa shape index (κ1) is 15.1. The largest absolute Gasteiger partial charge is 0.463 e. The average Bonchev–Trinajstić information content (AvgIpc) is 2.46. The maximum absolute atomic E-state index is 11.4. The van der Waals surface area contributed by atoms with Gasteiger partial charge in [0.15, 0.2) is 0 Å². The van der Waals surface area contributed by atoms with Crippen molar-refractivity contribution >= 4 is 33.7 Å². The molecule has 0 saturated carbocycles. The highest BCUT2D eigenvalue weighted by Gasteiger charge is 2.14. The van der Waals surface area contributed by atoms with Gasteiger partial charge < -0.3 is 14.4 Å². The van der Waals surface area contributed by atoms with Crippen LogP contribution in [0.3, 0.4) is 0 Å². The van der Waals surface area contributed by atoms with Gasteiger partial charge in [-0.3, -0.25) is 0 Å². The lowest BCUT2D eigenvalue weighted by Gasteiger charge is -2.30. The molecule has 0 unspecified atom stereocenters. The summed E-state index contributed by atoms with van der Waals surface area (Å²) in [4.78, 5) is 13.7. The molecule has 20 heavy (non-hydrogen) atoms. The van der Waals surface area contributed by atoms with Crippen LogP contribution in [0.25, 0.3) is 6.08 Å². The second kappa shape index (κ2) is 7.45. The predicted octanol–water partition coefficient (Wildman–Crippen LogP) is 2.86. The monoisotopic (exact) mass is 339 g/mol. The third-order valence-electron chi connectivity index (χ3n) is 3.03. The summed E-state index contributed by atoms with van der Waals surface area (Å²) < 4.78 is 11.3. The van der Waals surface area contributed by atoms with Crippen LogP contribution in [-0.2, 0) is 14.3 Å². The van der Waals surface area contributed by atoms with Crippen LogP contribution in [0.4, 0.5) is 5.69 Å². The standard InChI is InChI=1S/C15H18BrNO3/c1-2-20-15(18)6-3-12-11-13(16)4-5-14(12)17-7-9-19-10-8-17/h3-6,11H,2,7-10H2,1H3/b6-3+. The van der Waals surface area contributed by atoms with E-state index in [1.807, 2.05) is 12.1 Å². The first-order valence-electron chi connectivity index (χ1n) is 6.68. The molecule has 0 radical (unpaired) electrons. The van der Waals surface area contributed by atoms with Crippen molar-refractivity contribution < 1.29 is 14.3 Å². The highest BCUT2D eigenvalue weighted by atomic mass is 79.9. The van der Waals surface area contributed by atoms with Crippen LogP contribution in [-0.4, -0.2) is 38.9 Å². The number of rotatable bonds is 4. The fourth-order valence-electron chi connectivity index (χ4n) is 2.10. The molecule has 5 heteroatoms. The summed E-state index contributed by atoms with van der Waals surface area (Å²) >= 11 is 3.46. The first-order valence-corrected chi connectivity index (χ1v) is 7.47. The summed E-state index contributed by atoms with van der Waals surface area (Å²) in [6.45, 7) is 5.37. The summed E-state index contributed by atoms with van der Waals surface area (Å²) in [5, 5.41) is 0. The molecule has 4 nitrogen and oxygen atoms in total. The second-order valence-electron chi connectivity index (χ2n) is 4.39. The summed E-state index contributed by atoms with van der Waals surface area (Å²) in [5.74, 6) is -0.319. The Morgan fingerprint density at radius 3 is 2.90 bits per heavy atom. The lowest BCUT2D eigenvalue weighted by atomic mass is 10.1. The van der Waals surface area contributed by atoms with Gasteiger partial charge in [-0.15, -0.1) is 0 Å². The predicted molar refractivity (Wildman–Crippen MR) is 82.8 cm³/mol. The number of nitrogens with zero attached hydrogens (tertiary/aromatic N) is 1. The molecule has 1 saturated heterocycles. The topological polar surface area (TPSA) is 38.8 Å². The normalized spacial score (nSPS) is 15.6. The first-order chi connectivity index (χ1) is 9.70. The maximum atomic E-state index is 11.4. The molecule has 0 aliphatic carbocycles. The molecule has 1 aliphatic rings. The van der Waals surface area contributed by atoms with Crippen molar-refractivity contribution in [3.8, 4) is 0 Å². The van der Waals surface area contributed by atoms with Crippen LogP contribution in [0.1, 0.15) is 12.5 Å². The Balaban J connectivity index is 2.21. The number of morpholine rings is 1. The summed E-state index contributed by atoms with van der Waals surface area (Å²) in [6, 6.07) is 6.06. The van der Waals surface area contributed by atoms with Crippen LogP contribution in [0.2, 0.25) is 0 Å². The minimum absolute atomic E-state index is 0.319. The quantitative estimate of drug-likeness (QED) is 0.624.